The molecule has 0 saturated carbocycles. The van der Waals surface area contributed by atoms with E-state index < -0.39 is 25.9 Å². The van der Waals surface area contributed by atoms with E-state index in [2.05, 4.69) is 4.72 Å². The van der Waals surface area contributed by atoms with E-state index in [0.29, 0.717) is 29.8 Å². The van der Waals surface area contributed by atoms with Crippen molar-refractivity contribution in [3.63, 3.8) is 0 Å². The van der Waals surface area contributed by atoms with E-state index in [1.807, 2.05) is 0 Å². The zero-order valence-corrected chi connectivity index (χ0v) is 16.5. The van der Waals surface area contributed by atoms with Crippen molar-refractivity contribution in [3.05, 3.63) is 59.4 Å². The molecule has 27 heavy (non-hydrogen) atoms. The van der Waals surface area contributed by atoms with Crippen LogP contribution in [0.15, 0.2) is 47.4 Å². The zero-order valence-electron chi connectivity index (χ0n) is 14.9. The van der Waals surface area contributed by atoms with Crippen molar-refractivity contribution in [3.8, 4) is 0 Å². The molecule has 6 nitrogen and oxygen atoms in total. The van der Waals surface area contributed by atoms with Crippen LogP contribution >= 0.6 is 0 Å². The lowest BCUT2D eigenvalue weighted by atomic mass is 10.2. The smallest absolute Gasteiger partial charge is 0.241 e. The Morgan fingerprint density at radius 1 is 1.11 bits per heavy atom. The molecular formula is C18H21FN2O4S2. The molecule has 0 radical (unpaired) electrons. The predicted molar refractivity (Wildman–Crippen MR) is 102 cm³/mol. The fourth-order valence-corrected chi connectivity index (χ4v) is 5.88. The normalized spacial score (nSPS) is 17.0. The Hall–Kier alpha value is -1.97. The molecule has 3 rings (SSSR count). The molecule has 1 aliphatic rings. The number of halogens is 1. The molecule has 0 unspecified atom stereocenters. The van der Waals surface area contributed by atoms with Crippen molar-refractivity contribution in [1.82, 2.24) is 4.72 Å². The lowest BCUT2D eigenvalue weighted by molar-refractivity contribution is 0.572. The second-order valence-electron chi connectivity index (χ2n) is 6.50. The van der Waals surface area contributed by atoms with Crippen LogP contribution in [-0.2, 0) is 26.6 Å². The highest BCUT2D eigenvalue weighted by atomic mass is 32.2. The molecule has 1 saturated heterocycles. The third-order valence-electron chi connectivity index (χ3n) is 4.48. The maximum atomic E-state index is 13.0. The lowest BCUT2D eigenvalue weighted by Gasteiger charge is -2.28. The molecule has 0 aromatic heterocycles. The molecule has 2 aromatic carbocycles. The van der Waals surface area contributed by atoms with Gasteiger partial charge in [-0.1, -0.05) is 18.2 Å². The largest absolute Gasteiger partial charge is 0.270 e. The summed E-state index contributed by atoms with van der Waals surface area (Å²) < 4.78 is 66.8. The summed E-state index contributed by atoms with van der Waals surface area (Å²) in [5, 5.41) is 0. The van der Waals surface area contributed by atoms with Gasteiger partial charge in [-0.15, -0.1) is 0 Å². The maximum Gasteiger partial charge on any atom is 0.241 e. The zero-order chi connectivity index (χ0) is 19.7. The van der Waals surface area contributed by atoms with Gasteiger partial charge < -0.3 is 0 Å². The predicted octanol–water partition coefficient (Wildman–Crippen LogP) is 2.54. The lowest BCUT2D eigenvalue weighted by Crippen LogP contribution is -2.38. The van der Waals surface area contributed by atoms with E-state index in [9.17, 15) is 21.2 Å². The maximum absolute atomic E-state index is 13.0. The van der Waals surface area contributed by atoms with Crippen LogP contribution < -0.4 is 9.03 Å². The topological polar surface area (TPSA) is 83.6 Å². The Kier molecular flexibility index (Phi) is 5.55. The molecule has 9 heteroatoms. The molecule has 0 atom stereocenters. The molecule has 1 aliphatic heterocycles. The van der Waals surface area contributed by atoms with Crippen LogP contribution in [0.4, 0.5) is 10.1 Å². The number of anilines is 1. The van der Waals surface area contributed by atoms with Crippen molar-refractivity contribution in [2.45, 2.75) is 31.2 Å². The van der Waals surface area contributed by atoms with Crippen molar-refractivity contribution in [2.24, 2.45) is 0 Å². The van der Waals surface area contributed by atoms with Gasteiger partial charge in [0.2, 0.25) is 20.0 Å². The third kappa shape index (κ3) is 4.48. The molecule has 1 N–H and O–H groups in total. The second-order valence-corrected chi connectivity index (χ2v) is 10.2. The SMILES string of the molecule is Cc1ccc(N2CCCCS2(=O)=O)cc1S(=O)(=O)NCc1ccc(F)cc1. The number of benzene rings is 2. The highest BCUT2D eigenvalue weighted by molar-refractivity contribution is 7.92. The van der Waals surface area contributed by atoms with E-state index >= 15 is 0 Å². The summed E-state index contributed by atoms with van der Waals surface area (Å²) in [6.45, 7) is 2.00. The van der Waals surface area contributed by atoms with Gasteiger partial charge >= 0.3 is 0 Å². The standard InChI is InChI=1S/C18H21FN2O4S2/c1-14-4-9-17(21-10-2-3-11-26(21,22)23)12-18(14)27(24,25)20-13-15-5-7-16(19)8-6-15/h4-9,12,20H,2-3,10-11,13H2,1H3. The third-order valence-corrected chi connectivity index (χ3v) is 7.89. The molecule has 0 aliphatic carbocycles. The van der Waals surface area contributed by atoms with Crippen LogP contribution in [0.25, 0.3) is 0 Å². The Morgan fingerprint density at radius 3 is 2.48 bits per heavy atom. The summed E-state index contributed by atoms with van der Waals surface area (Å²) in [5.74, 6) is -0.334. The minimum atomic E-state index is -3.86. The van der Waals surface area contributed by atoms with Gasteiger partial charge in [0.05, 0.1) is 16.3 Å². The van der Waals surface area contributed by atoms with E-state index in [-0.39, 0.29) is 17.2 Å². The van der Waals surface area contributed by atoms with E-state index in [1.54, 1.807) is 19.1 Å². The number of hydrogen-bond donors (Lipinski definition) is 1. The van der Waals surface area contributed by atoms with Crippen LogP contribution in [-0.4, -0.2) is 29.1 Å². The fraction of sp³-hybridized carbons (Fsp3) is 0.333. The van der Waals surface area contributed by atoms with E-state index in [1.165, 1.54) is 34.6 Å². The molecule has 0 bridgehead atoms. The molecule has 0 amide bonds. The van der Waals surface area contributed by atoms with Crippen LogP contribution in [0, 0.1) is 12.7 Å². The summed E-state index contributed by atoms with van der Waals surface area (Å²) in [7, 11) is -7.29. The summed E-state index contributed by atoms with van der Waals surface area (Å²) in [6, 6.07) is 10.1. The first-order valence-electron chi connectivity index (χ1n) is 8.54. The van der Waals surface area contributed by atoms with Crippen molar-refractivity contribution < 1.29 is 21.2 Å². The number of rotatable bonds is 5. The highest BCUT2D eigenvalue weighted by Gasteiger charge is 2.27. The minimum absolute atomic E-state index is 0.00823. The van der Waals surface area contributed by atoms with Gasteiger partial charge in [-0.05, 0) is 55.2 Å². The number of nitrogens with zero attached hydrogens (tertiary/aromatic N) is 1. The molecule has 0 spiro atoms. The average Bonchev–Trinajstić information content (AvgIpc) is 2.61. The van der Waals surface area contributed by atoms with E-state index in [0.717, 1.165) is 6.42 Å². The molecule has 1 heterocycles. The fourth-order valence-electron chi connectivity index (χ4n) is 2.97. The number of aryl methyl sites for hydroxylation is 1. The van der Waals surface area contributed by atoms with E-state index in [4.69, 9.17) is 0 Å². The van der Waals surface area contributed by atoms with Crippen molar-refractivity contribution in [1.29, 1.82) is 0 Å². The first kappa shape index (κ1) is 19.8. The summed E-state index contributed by atoms with van der Waals surface area (Å²) in [6.07, 6.45) is 1.34. The van der Waals surface area contributed by atoms with Gasteiger partial charge in [-0.2, -0.15) is 0 Å². The Bertz CT molecular complexity index is 1040. The minimum Gasteiger partial charge on any atom is -0.270 e. The Morgan fingerprint density at radius 2 is 1.81 bits per heavy atom. The Balaban J connectivity index is 1.87. The average molecular weight is 413 g/mol. The summed E-state index contributed by atoms with van der Waals surface area (Å²) in [5.41, 5.74) is 1.48. The quantitative estimate of drug-likeness (QED) is 0.818. The van der Waals surface area contributed by atoms with Crippen molar-refractivity contribution >= 4 is 25.7 Å². The van der Waals surface area contributed by atoms with Gasteiger partial charge in [-0.3, -0.25) is 4.31 Å². The molecular weight excluding hydrogens is 391 g/mol. The van der Waals surface area contributed by atoms with Crippen LogP contribution in [0.1, 0.15) is 24.0 Å². The van der Waals surface area contributed by atoms with Gasteiger partial charge in [-0.25, -0.2) is 25.9 Å². The molecule has 146 valence electrons. The second kappa shape index (κ2) is 7.57. The first-order chi connectivity index (χ1) is 12.7. The van der Waals surface area contributed by atoms with Crippen LogP contribution in [0.5, 0.6) is 0 Å². The van der Waals surface area contributed by atoms with Gasteiger partial charge in [0.25, 0.3) is 0 Å². The van der Waals surface area contributed by atoms with Crippen molar-refractivity contribution in [2.75, 3.05) is 16.6 Å². The summed E-state index contributed by atoms with van der Waals surface area (Å²) in [4.78, 5) is 0.0304. The first-order valence-corrected chi connectivity index (χ1v) is 11.6. The number of hydrogen-bond acceptors (Lipinski definition) is 4. The Labute approximate surface area is 159 Å². The van der Waals surface area contributed by atoms with Gasteiger partial charge in [0.15, 0.2) is 0 Å². The molecule has 1 fully saturated rings. The number of nitrogens with one attached hydrogen (secondary N) is 1. The number of sulfonamides is 2. The molecule has 2 aromatic rings. The highest BCUT2D eigenvalue weighted by Crippen LogP contribution is 2.28. The van der Waals surface area contributed by atoms with Crippen LogP contribution in [0.3, 0.4) is 0 Å². The van der Waals surface area contributed by atoms with Crippen LogP contribution in [0.2, 0.25) is 0 Å². The van der Waals surface area contributed by atoms with Gasteiger partial charge in [0.1, 0.15) is 5.82 Å². The summed E-state index contributed by atoms with van der Waals surface area (Å²) >= 11 is 0. The van der Waals surface area contributed by atoms with Gasteiger partial charge in [0, 0.05) is 13.1 Å². The monoisotopic (exact) mass is 412 g/mol.